The summed E-state index contributed by atoms with van der Waals surface area (Å²) in [5.74, 6) is 2.07. The molecule has 1 fully saturated rings. The summed E-state index contributed by atoms with van der Waals surface area (Å²) in [7, 11) is 0. The summed E-state index contributed by atoms with van der Waals surface area (Å²) in [5, 5.41) is 6.27. The summed E-state index contributed by atoms with van der Waals surface area (Å²) in [6.07, 6.45) is 2.43. The van der Waals surface area contributed by atoms with E-state index in [0.29, 0.717) is 35.2 Å². The Hall–Kier alpha value is -3.69. The summed E-state index contributed by atoms with van der Waals surface area (Å²) in [4.78, 5) is 24.5. The van der Waals surface area contributed by atoms with E-state index >= 15 is 0 Å². The standard InChI is InChI=1S/C25H27N5O4/c31-25(26-9-4-10-30-11-13-32-14-12-30)20-16-27-23(18-7-8-21-22(15-18)34-17-33-21)29-24(20)28-19-5-2-1-3-6-19/h1-3,5-8,15-16H,4,9-14,17H2,(H,26,31)(H,27,28,29). The maximum Gasteiger partial charge on any atom is 0.256 e. The molecule has 0 aliphatic carbocycles. The van der Waals surface area contributed by atoms with Gasteiger partial charge >= 0.3 is 0 Å². The molecule has 5 rings (SSSR count). The largest absolute Gasteiger partial charge is 0.454 e. The van der Waals surface area contributed by atoms with Crippen LogP contribution in [-0.4, -0.2) is 67.0 Å². The van der Waals surface area contributed by atoms with E-state index in [1.807, 2.05) is 48.5 Å². The van der Waals surface area contributed by atoms with E-state index in [1.165, 1.54) is 0 Å². The molecule has 1 saturated heterocycles. The number of benzene rings is 2. The Balaban J connectivity index is 1.32. The third kappa shape index (κ3) is 5.27. The number of para-hydroxylation sites is 1. The first-order valence-electron chi connectivity index (χ1n) is 11.4. The van der Waals surface area contributed by atoms with Crippen LogP contribution in [0.2, 0.25) is 0 Å². The van der Waals surface area contributed by atoms with Crippen molar-refractivity contribution in [1.29, 1.82) is 0 Å². The average molecular weight is 462 g/mol. The van der Waals surface area contributed by atoms with Crippen molar-refractivity contribution in [3.63, 3.8) is 0 Å². The van der Waals surface area contributed by atoms with Gasteiger partial charge in [0, 0.05) is 37.1 Å². The molecular formula is C25H27N5O4. The maximum atomic E-state index is 13.0. The van der Waals surface area contributed by atoms with Crippen LogP contribution < -0.4 is 20.1 Å². The number of morpholine rings is 1. The number of hydrogen-bond acceptors (Lipinski definition) is 8. The Morgan fingerprint density at radius 3 is 2.71 bits per heavy atom. The fraction of sp³-hybridized carbons (Fsp3) is 0.320. The van der Waals surface area contributed by atoms with Gasteiger partial charge in [0.1, 0.15) is 11.4 Å². The summed E-state index contributed by atoms with van der Waals surface area (Å²) in [5.41, 5.74) is 2.00. The van der Waals surface area contributed by atoms with Crippen LogP contribution in [0.25, 0.3) is 11.4 Å². The highest BCUT2D eigenvalue weighted by Crippen LogP contribution is 2.35. The minimum absolute atomic E-state index is 0.200. The van der Waals surface area contributed by atoms with Gasteiger partial charge in [-0.05, 0) is 43.3 Å². The van der Waals surface area contributed by atoms with E-state index in [9.17, 15) is 4.79 Å². The molecule has 3 heterocycles. The fourth-order valence-electron chi connectivity index (χ4n) is 3.90. The number of rotatable bonds is 8. The Labute approximate surface area is 198 Å². The van der Waals surface area contributed by atoms with E-state index in [-0.39, 0.29) is 12.7 Å². The van der Waals surface area contributed by atoms with Gasteiger partial charge in [-0.1, -0.05) is 18.2 Å². The molecule has 9 heteroatoms. The van der Waals surface area contributed by atoms with Crippen molar-refractivity contribution in [3.05, 3.63) is 60.3 Å². The Morgan fingerprint density at radius 2 is 1.85 bits per heavy atom. The topological polar surface area (TPSA) is 97.8 Å². The summed E-state index contributed by atoms with van der Waals surface area (Å²) < 4.78 is 16.3. The van der Waals surface area contributed by atoms with Gasteiger partial charge in [-0.15, -0.1) is 0 Å². The first kappa shape index (κ1) is 22.1. The molecule has 0 spiro atoms. The lowest BCUT2D eigenvalue weighted by molar-refractivity contribution is 0.0374. The number of nitrogens with zero attached hydrogens (tertiary/aromatic N) is 3. The number of ether oxygens (including phenoxy) is 3. The molecule has 9 nitrogen and oxygen atoms in total. The van der Waals surface area contributed by atoms with Crippen LogP contribution in [0.15, 0.2) is 54.7 Å². The number of fused-ring (bicyclic) bond motifs is 1. The molecule has 2 N–H and O–H groups in total. The number of aromatic nitrogens is 2. The molecule has 1 amide bonds. The summed E-state index contributed by atoms with van der Waals surface area (Å²) in [6.45, 7) is 5.12. The zero-order valence-corrected chi connectivity index (χ0v) is 18.8. The zero-order chi connectivity index (χ0) is 23.2. The normalized spacial score (nSPS) is 15.2. The number of hydrogen-bond donors (Lipinski definition) is 2. The van der Waals surface area contributed by atoms with Gasteiger partial charge in [0.25, 0.3) is 5.91 Å². The fourth-order valence-corrected chi connectivity index (χ4v) is 3.90. The Morgan fingerprint density at radius 1 is 1.03 bits per heavy atom. The van der Waals surface area contributed by atoms with E-state index in [1.54, 1.807) is 6.20 Å². The SMILES string of the molecule is O=C(NCCCN1CCOCC1)c1cnc(-c2ccc3c(c2)OCO3)nc1Nc1ccccc1. The van der Waals surface area contributed by atoms with Crippen LogP contribution in [-0.2, 0) is 4.74 Å². The highest BCUT2D eigenvalue weighted by atomic mass is 16.7. The molecule has 1 aromatic heterocycles. The van der Waals surface area contributed by atoms with Crippen molar-refractivity contribution in [2.75, 3.05) is 51.5 Å². The van der Waals surface area contributed by atoms with Gasteiger partial charge in [-0.2, -0.15) is 0 Å². The lowest BCUT2D eigenvalue weighted by Crippen LogP contribution is -2.38. The first-order valence-corrected chi connectivity index (χ1v) is 11.4. The third-order valence-corrected chi connectivity index (χ3v) is 5.74. The van der Waals surface area contributed by atoms with Crippen LogP contribution in [0.1, 0.15) is 16.8 Å². The predicted molar refractivity (Wildman–Crippen MR) is 128 cm³/mol. The lowest BCUT2D eigenvalue weighted by Gasteiger charge is -2.26. The zero-order valence-electron chi connectivity index (χ0n) is 18.8. The third-order valence-electron chi connectivity index (χ3n) is 5.74. The minimum Gasteiger partial charge on any atom is -0.454 e. The predicted octanol–water partition coefficient (Wildman–Crippen LogP) is 3.07. The van der Waals surface area contributed by atoms with Crippen molar-refractivity contribution in [1.82, 2.24) is 20.2 Å². The lowest BCUT2D eigenvalue weighted by atomic mass is 10.1. The second kappa shape index (κ2) is 10.5. The number of anilines is 2. The first-order chi connectivity index (χ1) is 16.8. The average Bonchev–Trinajstić information content (AvgIpc) is 3.36. The monoisotopic (exact) mass is 461 g/mol. The van der Waals surface area contributed by atoms with Gasteiger partial charge in [-0.25, -0.2) is 9.97 Å². The highest BCUT2D eigenvalue weighted by Gasteiger charge is 2.19. The second-order valence-corrected chi connectivity index (χ2v) is 8.08. The van der Waals surface area contributed by atoms with Crippen LogP contribution >= 0.6 is 0 Å². The molecule has 2 aliphatic heterocycles. The second-order valence-electron chi connectivity index (χ2n) is 8.08. The molecular weight excluding hydrogens is 434 g/mol. The van der Waals surface area contributed by atoms with Crippen molar-refractivity contribution < 1.29 is 19.0 Å². The summed E-state index contributed by atoms with van der Waals surface area (Å²) in [6, 6.07) is 15.2. The molecule has 0 bridgehead atoms. The van der Waals surface area contributed by atoms with Gasteiger partial charge in [0.2, 0.25) is 6.79 Å². The van der Waals surface area contributed by atoms with Crippen molar-refractivity contribution in [2.45, 2.75) is 6.42 Å². The molecule has 0 radical (unpaired) electrons. The molecule has 176 valence electrons. The number of carbonyl (C=O) groups excluding carboxylic acids is 1. The molecule has 0 saturated carbocycles. The quantitative estimate of drug-likeness (QED) is 0.494. The van der Waals surface area contributed by atoms with E-state index < -0.39 is 0 Å². The molecule has 2 aromatic carbocycles. The van der Waals surface area contributed by atoms with Crippen LogP contribution in [0.4, 0.5) is 11.5 Å². The summed E-state index contributed by atoms with van der Waals surface area (Å²) >= 11 is 0. The van der Waals surface area contributed by atoms with Crippen LogP contribution in [0, 0.1) is 0 Å². The Kier molecular flexibility index (Phi) is 6.83. The van der Waals surface area contributed by atoms with E-state index in [0.717, 1.165) is 50.5 Å². The minimum atomic E-state index is -0.211. The maximum absolute atomic E-state index is 13.0. The van der Waals surface area contributed by atoms with Crippen LogP contribution in [0.5, 0.6) is 11.5 Å². The van der Waals surface area contributed by atoms with Crippen molar-refractivity contribution in [2.24, 2.45) is 0 Å². The number of carbonyl (C=O) groups is 1. The molecule has 3 aromatic rings. The van der Waals surface area contributed by atoms with Crippen molar-refractivity contribution >= 4 is 17.4 Å². The van der Waals surface area contributed by atoms with Gasteiger partial charge < -0.3 is 24.8 Å². The number of nitrogens with one attached hydrogen (secondary N) is 2. The van der Waals surface area contributed by atoms with Gasteiger partial charge in [-0.3, -0.25) is 9.69 Å². The van der Waals surface area contributed by atoms with E-state index in [2.05, 4.69) is 25.5 Å². The number of amides is 1. The van der Waals surface area contributed by atoms with Crippen molar-refractivity contribution in [3.8, 4) is 22.9 Å². The highest BCUT2D eigenvalue weighted by molar-refractivity contribution is 5.99. The molecule has 2 aliphatic rings. The Bertz CT molecular complexity index is 1140. The van der Waals surface area contributed by atoms with E-state index in [4.69, 9.17) is 14.2 Å². The van der Waals surface area contributed by atoms with Gasteiger partial charge in [0.05, 0.1) is 13.2 Å². The molecule has 0 unspecified atom stereocenters. The molecule has 34 heavy (non-hydrogen) atoms. The molecule has 0 atom stereocenters. The van der Waals surface area contributed by atoms with Crippen LogP contribution in [0.3, 0.4) is 0 Å². The van der Waals surface area contributed by atoms with Gasteiger partial charge in [0.15, 0.2) is 17.3 Å². The smallest absolute Gasteiger partial charge is 0.256 e.